The summed E-state index contributed by atoms with van der Waals surface area (Å²) in [4.78, 5) is 14.6. The van der Waals surface area contributed by atoms with Crippen LogP contribution in [0, 0.1) is 5.92 Å². The van der Waals surface area contributed by atoms with E-state index in [-0.39, 0.29) is 0 Å². The number of unbranched alkanes of at least 4 members (excludes halogenated alkanes) is 3. The zero-order chi connectivity index (χ0) is 13.2. The standard InChI is InChI=1S/C16H31NO/c1-3-5-6-8-12-15(11-4-2)16(18)17-13-9-7-10-14-17/h15H,3-14H2,1-2H3. The molecule has 1 aliphatic heterocycles. The van der Waals surface area contributed by atoms with Gasteiger partial charge in [0.05, 0.1) is 0 Å². The molecule has 1 rings (SSSR count). The highest BCUT2D eigenvalue weighted by molar-refractivity contribution is 5.78. The van der Waals surface area contributed by atoms with Crippen LogP contribution in [0.5, 0.6) is 0 Å². The molecule has 0 saturated carbocycles. The highest BCUT2D eigenvalue weighted by atomic mass is 16.2. The van der Waals surface area contributed by atoms with Gasteiger partial charge in [-0.15, -0.1) is 0 Å². The third kappa shape index (κ3) is 5.41. The number of amides is 1. The Kier molecular flexibility index (Phi) is 8.11. The number of hydrogen-bond donors (Lipinski definition) is 0. The lowest BCUT2D eigenvalue weighted by molar-refractivity contribution is -0.137. The van der Waals surface area contributed by atoms with E-state index < -0.39 is 0 Å². The van der Waals surface area contributed by atoms with Gasteiger partial charge in [-0.05, 0) is 32.1 Å². The van der Waals surface area contributed by atoms with E-state index in [4.69, 9.17) is 0 Å². The quantitative estimate of drug-likeness (QED) is 0.588. The van der Waals surface area contributed by atoms with E-state index in [1.165, 1.54) is 44.9 Å². The van der Waals surface area contributed by atoms with Gasteiger partial charge in [0.1, 0.15) is 0 Å². The van der Waals surface area contributed by atoms with Crippen molar-refractivity contribution in [1.29, 1.82) is 0 Å². The fraction of sp³-hybridized carbons (Fsp3) is 0.938. The van der Waals surface area contributed by atoms with Crippen LogP contribution in [0.1, 0.15) is 78.1 Å². The summed E-state index contributed by atoms with van der Waals surface area (Å²) in [5.41, 5.74) is 0. The Morgan fingerprint density at radius 3 is 2.28 bits per heavy atom. The second-order valence-electron chi connectivity index (χ2n) is 5.72. The summed E-state index contributed by atoms with van der Waals surface area (Å²) in [6, 6.07) is 0. The third-order valence-electron chi connectivity index (χ3n) is 4.06. The van der Waals surface area contributed by atoms with Crippen molar-refractivity contribution in [1.82, 2.24) is 4.90 Å². The van der Waals surface area contributed by atoms with Crippen LogP contribution in [0.3, 0.4) is 0 Å². The predicted molar refractivity (Wildman–Crippen MR) is 77.6 cm³/mol. The Balaban J connectivity index is 2.35. The molecule has 2 nitrogen and oxygen atoms in total. The van der Waals surface area contributed by atoms with Gasteiger partial charge in [0.15, 0.2) is 0 Å². The molecular formula is C16H31NO. The van der Waals surface area contributed by atoms with E-state index in [9.17, 15) is 4.79 Å². The zero-order valence-electron chi connectivity index (χ0n) is 12.4. The number of nitrogens with zero attached hydrogens (tertiary/aromatic N) is 1. The second kappa shape index (κ2) is 9.41. The van der Waals surface area contributed by atoms with Gasteiger partial charge in [0, 0.05) is 19.0 Å². The van der Waals surface area contributed by atoms with E-state index in [1.807, 2.05) is 0 Å². The van der Waals surface area contributed by atoms with Crippen LogP contribution in [-0.2, 0) is 4.79 Å². The van der Waals surface area contributed by atoms with Crippen LogP contribution in [-0.4, -0.2) is 23.9 Å². The molecule has 1 unspecified atom stereocenters. The van der Waals surface area contributed by atoms with Crippen molar-refractivity contribution < 1.29 is 4.79 Å². The molecule has 1 fully saturated rings. The number of rotatable bonds is 8. The summed E-state index contributed by atoms with van der Waals surface area (Å²) in [6.07, 6.45) is 12.2. The van der Waals surface area contributed by atoms with Crippen LogP contribution in [0.2, 0.25) is 0 Å². The summed E-state index contributed by atoms with van der Waals surface area (Å²) in [5, 5.41) is 0. The van der Waals surface area contributed by atoms with E-state index >= 15 is 0 Å². The topological polar surface area (TPSA) is 20.3 Å². The molecule has 0 aromatic carbocycles. The van der Waals surface area contributed by atoms with Gasteiger partial charge in [-0.2, -0.15) is 0 Å². The van der Waals surface area contributed by atoms with Crippen molar-refractivity contribution >= 4 is 5.91 Å². The molecule has 1 saturated heterocycles. The first kappa shape index (κ1) is 15.5. The molecule has 0 spiro atoms. The molecule has 1 aliphatic rings. The normalized spacial score (nSPS) is 17.8. The van der Waals surface area contributed by atoms with Crippen LogP contribution in [0.15, 0.2) is 0 Å². The highest BCUT2D eigenvalue weighted by Crippen LogP contribution is 2.21. The summed E-state index contributed by atoms with van der Waals surface area (Å²) < 4.78 is 0. The highest BCUT2D eigenvalue weighted by Gasteiger charge is 2.24. The average molecular weight is 253 g/mol. The molecule has 18 heavy (non-hydrogen) atoms. The zero-order valence-corrected chi connectivity index (χ0v) is 12.4. The van der Waals surface area contributed by atoms with Gasteiger partial charge in [0.2, 0.25) is 5.91 Å². The van der Waals surface area contributed by atoms with Gasteiger partial charge in [-0.25, -0.2) is 0 Å². The Labute approximate surface area is 113 Å². The minimum atomic E-state index is 0.310. The van der Waals surface area contributed by atoms with Crippen molar-refractivity contribution in [3.63, 3.8) is 0 Å². The molecule has 1 atom stereocenters. The molecule has 0 bridgehead atoms. The van der Waals surface area contributed by atoms with Crippen LogP contribution in [0.25, 0.3) is 0 Å². The minimum Gasteiger partial charge on any atom is -0.342 e. The first-order chi connectivity index (χ1) is 8.79. The Bertz CT molecular complexity index is 221. The van der Waals surface area contributed by atoms with Crippen molar-refractivity contribution in [2.75, 3.05) is 13.1 Å². The minimum absolute atomic E-state index is 0.310. The number of carbonyl (C=O) groups excluding carboxylic acids is 1. The number of piperidine rings is 1. The van der Waals surface area contributed by atoms with E-state index in [0.29, 0.717) is 11.8 Å². The summed E-state index contributed by atoms with van der Waals surface area (Å²) in [7, 11) is 0. The fourth-order valence-corrected chi connectivity index (χ4v) is 2.93. The number of hydrogen-bond acceptors (Lipinski definition) is 1. The van der Waals surface area contributed by atoms with Gasteiger partial charge in [-0.1, -0.05) is 46.0 Å². The molecule has 0 N–H and O–H groups in total. The van der Waals surface area contributed by atoms with Gasteiger partial charge < -0.3 is 4.90 Å². The molecular weight excluding hydrogens is 222 g/mol. The lowest BCUT2D eigenvalue weighted by atomic mass is 9.94. The van der Waals surface area contributed by atoms with Gasteiger partial charge in [0.25, 0.3) is 0 Å². The Morgan fingerprint density at radius 2 is 1.67 bits per heavy atom. The lowest BCUT2D eigenvalue weighted by Gasteiger charge is -2.30. The van der Waals surface area contributed by atoms with Crippen molar-refractivity contribution in [3.8, 4) is 0 Å². The molecule has 0 aromatic rings. The Morgan fingerprint density at radius 1 is 0.944 bits per heavy atom. The maximum Gasteiger partial charge on any atom is 0.225 e. The maximum absolute atomic E-state index is 12.5. The molecule has 1 heterocycles. The number of carbonyl (C=O) groups is 1. The number of likely N-dealkylation sites (tertiary alicyclic amines) is 1. The monoisotopic (exact) mass is 253 g/mol. The molecule has 0 radical (unpaired) electrons. The smallest absolute Gasteiger partial charge is 0.225 e. The first-order valence-electron chi connectivity index (χ1n) is 8.08. The molecule has 2 heteroatoms. The van der Waals surface area contributed by atoms with Crippen LogP contribution < -0.4 is 0 Å². The second-order valence-corrected chi connectivity index (χ2v) is 5.72. The van der Waals surface area contributed by atoms with E-state index in [2.05, 4.69) is 18.7 Å². The molecule has 1 amide bonds. The Hall–Kier alpha value is -0.530. The van der Waals surface area contributed by atoms with Crippen molar-refractivity contribution in [3.05, 3.63) is 0 Å². The van der Waals surface area contributed by atoms with Crippen LogP contribution in [0.4, 0.5) is 0 Å². The van der Waals surface area contributed by atoms with Gasteiger partial charge in [-0.3, -0.25) is 4.79 Å². The average Bonchev–Trinajstić information content (AvgIpc) is 2.42. The third-order valence-corrected chi connectivity index (χ3v) is 4.06. The fourth-order valence-electron chi connectivity index (χ4n) is 2.93. The lowest BCUT2D eigenvalue weighted by Crippen LogP contribution is -2.39. The largest absolute Gasteiger partial charge is 0.342 e. The van der Waals surface area contributed by atoms with Crippen molar-refractivity contribution in [2.45, 2.75) is 78.1 Å². The molecule has 106 valence electrons. The van der Waals surface area contributed by atoms with Crippen LogP contribution >= 0.6 is 0 Å². The predicted octanol–water partition coefficient (Wildman–Crippen LogP) is 4.39. The first-order valence-corrected chi connectivity index (χ1v) is 8.08. The van der Waals surface area contributed by atoms with E-state index in [1.54, 1.807) is 0 Å². The summed E-state index contributed by atoms with van der Waals surface area (Å²) in [6.45, 7) is 6.45. The maximum atomic E-state index is 12.5. The van der Waals surface area contributed by atoms with E-state index in [0.717, 1.165) is 32.4 Å². The SMILES string of the molecule is CCCCCCC(CCC)C(=O)N1CCCCC1. The summed E-state index contributed by atoms with van der Waals surface area (Å²) >= 11 is 0. The van der Waals surface area contributed by atoms with Gasteiger partial charge >= 0.3 is 0 Å². The molecule has 0 aliphatic carbocycles. The summed E-state index contributed by atoms with van der Waals surface area (Å²) in [5.74, 6) is 0.762. The van der Waals surface area contributed by atoms with Crippen molar-refractivity contribution in [2.24, 2.45) is 5.92 Å². The molecule has 0 aromatic heterocycles.